The number of hydrogen-bond donors (Lipinski definition) is 0. The van der Waals surface area contributed by atoms with Crippen molar-refractivity contribution in [3.63, 3.8) is 0 Å². The van der Waals surface area contributed by atoms with Crippen LogP contribution < -0.4 is 0 Å². The van der Waals surface area contributed by atoms with Crippen LogP contribution in [0.15, 0.2) is 24.4 Å². The van der Waals surface area contributed by atoms with E-state index in [2.05, 4.69) is 5.10 Å². The summed E-state index contributed by atoms with van der Waals surface area (Å²) in [4.78, 5) is 14.0. The van der Waals surface area contributed by atoms with E-state index in [1.807, 2.05) is 23.1 Å². The molecule has 142 valence electrons. The van der Waals surface area contributed by atoms with Crippen LogP contribution in [0.5, 0.6) is 0 Å². The third kappa shape index (κ3) is 2.93. The van der Waals surface area contributed by atoms with Gasteiger partial charge in [0.1, 0.15) is 0 Å². The molecule has 2 fully saturated rings. The zero-order valence-corrected chi connectivity index (χ0v) is 14.8. The average Bonchev–Trinajstić information content (AvgIpc) is 3.05. The van der Waals surface area contributed by atoms with Gasteiger partial charge in [0.05, 0.1) is 5.69 Å². The number of carbonyl (C=O) groups excluding carboxylic acids is 1. The molecule has 0 bridgehead atoms. The molecule has 1 aliphatic heterocycles. The summed E-state index contributed by atoms with van der Waals surface area (Å²) in [7, 11) is 0. The van der Waals surface area contributed by atoms with Gasteiger partial charge in [0, 0.05) is 30.8 Å². The number of fused-ring (bicyclic) bond motifs is 1. The molecule has 1 saturated heterocycles. The van der Waals surface area contributed by atoms with Crippen molar-refractivity contribution in [1.82, 2.24) is 14.7 Å². The lowest BCUT2D eigenvalue weighted by atomic mass is 10.1. The Balaban J connectivity index is 1.44. The van der Waals surface area contributed by atoms with E-state index >= 15 is 0 Å². The second-order valence-corrected chi connectivity index (χ2v) is 7.86. The molecule has 0 unspecified atom stereocenters. The van der Waals surface area contributed by atoms with Crippen molar-refractivity contribution in [2.75, 3.05) is 6.54 Å². The van der Waals surface area contributed by atoms with Crippen molar-refractivity contribution in [2.24, 2.45) is 0 Å². The highest BCUT2D eigenvalue weighted by molar-refractivity contribution is 5.78. The summed E-state index contributed by atoms with van der Waals surface area (Å²) in [5.41, 5.74) is 2.48. The van der Waals surface area contributed by atoms with E-state index in [1.54, 1.807) is 6.20 Å². The van der Waals surface area contributed by atoms with Crippen molar-refractivity contribution in [3.8, 4) is 5.69 Å². The fourth-order valence-corrected chi connectivity index (χ4v) is 4.43. The van der Waals surface area contributed by atoms with Crippen LogP contribution in [0.4, 0.5) is 13.2 Å². The molecule has 2 aromatic rings. The molecule has 2 heterocycles. The molecule has 0 radical (unpaired) electrons. The summed E-state index contributed by atoms with van der Waals surface area (Å²) in [5, 5.41) is 3.87. The first-order valence-corrected chi connectivity index (χ1v) is 9.48. The van der Waals surface area contributed by atoms with Gasteiger partial charge >= 0.3 is 6.18 Å². The van der Waals surface area contributed by atoms with Gasteiger partial charge in [-0.2, -0.15) is 18.3 Å². The number of rotatable bonds is 3. The molecule has 0 spiro atoms. The highest BCUT2D eigenvalue weighted by Crippen LogP contribution is 2.45. The maximum Gasteiger partial charge on any atom is 0.435 e. The van der Waals surface area contributed by atoms with Crippen molar-refractivity contribution < 1.29 is 18.0 Å². The maximum absolute atomic E-state index is 13.3. The predicted octanol–water partition coefficient (Wildman–Crippen LogP) is 3.86. The lowest BCUT2D eigenvalue weighted by Crippen LogP contribution is -2.36. The number of halogens is 3. The van der Waals surface area contributed by atoms with Gasteiger partial charge in [0.25, 0.3) is 0 Å². The Bertz CT molecular complexity index is 914. The van der Waals surface area contributed by atoms with Gasteiger partial charge in [-0.25, -0.2) is 4.68 Å². The van der Waals surface area contributed by atoms with E-state index < -0.39 is 11.9 Å². The molecule has 7 heteroatoms. The predicted molar refractivity (Wildman–Crippen MR) is 92.7 cm³/mol. The van der Waals surface area contributed by atoms with E-state index in [9.17, 15) is 18.0 Å². The van der Waals surface area contributed by atoms with Crippen LogP contribution in [-0.2, 0) is 23.8 Å². The molecule has 4 nitrogen and oxygen atoms in total. The van der Waals surface area contributed by atoms with Gasteiger partial charge in [-0.05, 0) is 61.3 Å². The summed E-state index contributed by atoms with van der Waals surface area (Å²) in [6, 6.07) is 5.91. The number of amides is 1. The molecule has 1 aromatic carbocycles. The quantitative estimate of drug-likeness (QED) is 0.817. The minimum absolute atomic E-state index is 0.0182. The number of benzene rings is 1. The summed E-state index contributed by atoms with van der Waals surface area (Å²) < 4.78 is 41.4. The zero-order chi connectivity index (χ0) is 18.8. The van der Waals surface area contributed by atoms with E-state index in [0.717, 1.165) is 44.2 Å². The Morgan fingerprint density at radius 1 is 1.11 bits per heavy atom. The van der Waals surface area contributed by atoms with Crippen LogP contribution in [0.2, 0.25) is 0 Å². The van der Waals surface area contributed by atoms with Crippen molar-refractivity contribution in [2.45, 2.75) is 56.7 Å². The summed E-state index contributed by atoms with van der Waals surface area (Å²) >= 11 is 0. The summed E-state index contributed by atoms with van der Waals surface area (Å²) in [5.74, 6) is 0.194. The van der Waals surface area contributed by atoms with Gasteiger partial charge in [-0.15, -0.1) is 0 Å². The van der Waals surface area contributed by atoms with E-state index in [0.29, 0.717) is 17.7 Å². The van der Waals surface area contributed by atoms with Gasteiger partial charge in [0.2, 0.25) is 5.91 Å². The Hall–Kier alpha value is -2.31. The van der Waals surface area contributed by atoms with Crippen LogP contribution in [0.1, 0.15) is 54.0 Å². The molecule has 27 heavy (non-hydrogen) atoms. The zero-order valence-electron chi connectivity index (χ0n) is 14.8. The molecule has 2 aliphatic carbocycles. The van der Waals surface area contributed by atoms with E-state index in [1.165, 1.54) is 10.2 Å². The van der Waals surface area contributed by atoms with Gasteiger partial charge in [-0.1, -0.05) is 6.07 Å². The first-order valence-electron chi connectivity index (χ1n) is 9.48. The van der Waals surface area contributed by atoms with Gasteiger partial charge in [-0.3, -0.25) is 4.79 Å². The highest BCUT2D eigenvalue weighted by Gasteiger charge is 2.42. The second-order valence-electron chi connectivity index (χ2n) is 7.86. The lowest BCUT2D eigenvalue weighted by Gasteiger charge is -2.23. The first-order chi connectivity index (χ1) is 12.9. The fraction of sp³-hybridized carbons (Fsp3) is 0.500. The molecule has 5 rings (SSSR count). The molecule has 1 saturated carbocycles. The molecule has 1 amide bonds. The van der Waals surface area contributed by atoms with Crippen molar-refractivity contribution in [3.05, 3.63) is 46.8 Å². The van der Waals surface area contributed by atoms with Crippen LogP contribution in [0.25, 0.3) is 5.69 Å². The van der Waals surface area contributed by atoms with Crippen molar-refractivity contribution >= 4 is 5.91 Å². The van der Waals surface area contributed by atoms with Crippen LogP contribution in [0, 0.1) is 0 Å². The van der Waals surface area contributed by atoms with E-state index in [-0.39, 0.29) is 17.9 Å². The Morgan fingerprint density at radius 3 is 2.56 bits per heavy atom. The standard InChI is InChI=1S/C20H20F3N3O/c21-20(22,23)19-17(12-3-4-12)11-26(24-19)15-6-5-13-8-16(10-14(13)9-15)25-7-1-2-18(25)27/h5-6,9,11-12,16H,1-4,7-8,10H2/t16-/m0/s1. The molecule has 1 aromatic heterocycles. The Morgan fingerprint density at radius 2 is 1.89 bits per heavy atom. The van der Waals surface area contributed by atoms with E-state index in [4.69, 9.17) is 0 Å². The largest absolute Gasteiger partial charge is 0.435 e. The fourth-order valence-electron chi connectivity index (χ4n) is 4.43. The number of hydrogen-bond acceptors (Lipinski definition) is 2. The summed E-state index contributed by atoms with van der Waals surface area (Å²) in [6.07, 6.45) is 1.82. The monoisotopic (exact) mass is 375 g/mol. The third-order valence-corrected chi connectivity index (χ3v) is 5.94. The second kappa shape index (κ2) is 5.84. The number of alkyl halides is 3. The maximum atomic E-state index is 13.3. The van der Waals surface area contributed by atoms with Crippen LogP contribution in [-0.4, -0.2) is 33.2 Å². The number of likely N-dealkylation sites (tertiary alicyclic amines) is 1. The van der Waals surface area contributed by atoms with Gasteiger partial charge < -0.3 is 4.90 Å². The molecule has 1 atom stereocenters. The third-order valence-electron chi connectivity index (χ3n) is 5.94. The van der Waals surface area contributed by atoms with Crippen LogP contribution >= 0.6 is 0 Å². The highest BCUT2D eigenvalue weighted by atomic mass is 19.4. The SMILES string of the molecule is O=C1CCCN1[C@H]1Cc2ccc(-n3cc(C4CC4)c(C(F)(F)F)n3)cc2C1. The molecule has 0 N–H and O–H groups in total. The van der Waals surface area contributed by atoms with Crippen LogP contribution in [0.3, 0.4) is 0 Å². The van der Waals surface area contributed by atoms with Gasteiger partial charge in [0.15, 0.2) is 5.69 Å². The molecular weight excluding hydrogens is 355 g/mol. The average molecular weight is 375 g/mol. The molecule has 3 aliphatic rings. The normalized spacial score (nSPS) is 22.6. The summed E-state index contributed by atoms with van der Waals surface area (Å²) in [6.45, 7) is 0.809. The Labute approximate surface area is 155 Å². The first kappa shape index (κ1) is 16.8. The minimum atomic E-state index is -4.43. The Kier molecular flexibility index (Phi) is 3.64. The number of nitrogens with zero attached hydrogens (tertiary/aromatic N) is 3. The smallest absolute Gasteiger partial charge is 0.339 e. The molecular formula is C20H20F3N3O. The lowest BCUT2D eigenvalue weighted by molar-refractivity contribution is -0.142. The number of carbonyl (C=O) groups is 1. The minimum Gasteiger partial charge on any atom is -0.339 e. The number of aromatic nitrogens is 2. The topological polar surface area (TPSA) is 38.1 Å². The van der Waals surface area contributed by atoms with Crippen molar-refractivity contribution in [1.29, 1.82) is 0 Å².